The zero-order valence-electron chi connectivity index (χ0n) is 10.6. The number of likely N-dealkylation sites (N-methyl/N-ethyl adjacent to an activating group) is 1. The Morgan fingerprint density at radius 3 is 2.40 bits per heavy atom. The molecule has 0 saturated heterocycles. The molecule has 0 rings (SSSR count). The molecule has 0 aliphatic rings. The van der Waals surface area contributed by atoms with Crippen LogP contribution < -0.4 is 5.32 Å². The second kappa shape index (κ2) is 8.05. The summed E-state index contributed by atoms with van der Waals surface area (Å²) in [7, 11) is 5.32. The van der Waals surface area contributed by atoms with Gasteiger partial charge in [-0.25, -0.2) is 0 Å². The van der Waals surface area contributed by atoms with Crippen molar-refractivity contribution in [3.63, 3.8) is 0 Å². The van der Waals surface area contributed by atoms with E-state index in [1.54, 1.807) is 14.2 Å². The third-order valence-corrected chi connectivity index (χ3v) is 2.39. The van der Waals surface area contributed by atoms with Gasteiger partial charge in [0.15, 0.2) is 0 Å². The summed E-state index contributed by atoms with van der Waals surface area (Å²) >= 11 is 0. The molecule has 0 saturated carbocycles. The third-order valence-electron chi connectivity index (χ3n) is 2.39. The maximum atomic E-state index is 5.69. The average molecular weight is 219 g/mol. The number of rotatable bonds is 9. The first-order chi connectivity index (χ1) is 7.05. The Hall–Kier alpha value is -0.160. The van der Waals surface area contributed by atoms with Gasteiger partial charge in [-0.15, -0.1) is 0 Å². The predicted molar refractivity (Wildman–Crippen MR) is 61.2 cm³/mol. The summed E-state index contributed by atoms with van der Waals surface area (Å²) in [4.78, 5) is 0. The average Bonchev–Trinajstić information content (AvgIpc) is 2.18. The standard InChI is InChI=1S/C11H25NO3/c1-11(2,14-5)6-7-15-10(8-12-3)9-13-4/h10,12H,6-9H2,1-5H3. The smallest absolute Gasteiger partial charge is 0.0932 e. The minimum absolute atomic E-state index is 0.114. The van der Waals surface area contributed by atoms with E-state index >= 15 is 0 Å². The van der Waals surface area contributed by atoms with E-state index in [0.717, 1.165) is 13.0 Å². The quantitative estimate of drug-likeness (QED) is 0.629. The molecule has 1 unspecified atom stereocenters. The zero-order chi connectivity index (χ0) is 11.7. The fraction of sp³-hybridized carbons (Fsp3) is 1.00. The molecular formula is C11H25NO3. The number of hydrogen-bond donors (Lipinski definition) is 1. The van der Waals surface area contributed by atoms with Gasteiger partial charge in [0.25, 0.3) is 0 Å². The molecule has 4 heteroatoms. The lowest BCUT2D eigenvalue weighted by Crippen LogP contribution is -2.33. The maximum Gasteiger partial charge on any atom is 0.0932 e. The summed E-state index contributed by atoms with van der Waals surface area (Å²) in [6.45, 7) is 6.23. The summed E-state index contributed by atoms with van der Waals surface area (Å²) in [5.41, 5.74) is -0.114. The van der Waals surface area contributed by atoms with Crippen LogP contribution in [0.1, 0.15) is 20.3 Å². The molecule has 1 N–H and O–H groups in total. The molecule has 1 atom stereocenters. The van der Waals surface area contributed by atoms with E-state index < -0.39 is 0 Å². The Bertz CT molecular complexity index is 145. The van der Waals surface area contributed by atoms with Crippen LogP contribution in [0.3, 0.4) is 0 Å². The van der Waals surface area contributed by atoms with Gasteiger partial charge < -0.3 is 19.5 Å². The molecule has 0 aromatic carbocycles. The van der Waals surface area contributed by atoms with E-state index in [4.69, 9.17) is 14.2 Å². The molecule has 4 nitrogen and oxygen atoms in total. The molecule has 92 valence electrons. The first-order valence-electron chi connectivity index (χ1n) is 5.36. The monoisotopic (exact) mass is 219 g/mol. The minimum Gasteiger partial charge on any atom is -0.382 e. The number of hydrogen-bond acceptors (Lipinski definition) is 4. The molecule has 0 aliphatic carbocycles. The fourth-order valence-corrected chi connectivity index (χ4v) is 1.15. The molecule has 0 spiro atoms. The van der Waals surface area contributed by atoms with Gasteiger partial charge in [0.05, 0.1) is 18.3 Å². The van der Waals surface area contributed by atoms with Crippen LogP contribution in [0.15, 0.2) is 0 Å². The molecule has 0 aromatic rings. The van der Waals surface area contributed by atoms with Gasteiger partial charge in [-0.05, 0) is 27.3 Å². The Morgan fingerprint density at radius 2 is 1.93 bits per heavy atom. The summed E-state index contributed by atoms with van der Waals surface area (Å²) in [6, 6.07) is 0. The minimum atomic E-state index is -0.114. The highest BCUT2D eigenvalue weighted by atomic mass is 16.5. The molecule has 0 aliphatic heterocycles. The van der Waals surface area contributed by atoms with Crippen molar-refractivity contribution >= 4 is 0 Å². The normalized spacial score (nSPS) is 14.2. The van der Waals surface area contributed by atoms with E-state index in [-0.39, 0.29) is 11.7 Å². The zero-order valence-corrected chi connectivity index (χ0v) is 10.6. The van der Waals surface area contributed by atoms with Gasteiger partial charge in [-0.3, -0.25) is 0 Å². The van der Waals surface area contributed by atoms with E-state index in [9.17, 15) is 0 Å². The van der Waals surface area contributed by atoms with Crippen molar-refractivity contribution in [1.29, 1.82) is 0 Å². The van der Waals surface area contributed by atoms with Crippen LogP contribution in [0.2, 0.25) is 0 Å². The van der Waals surface area contributed by atoms with E-state index in [0.29, 0.717) is 13.2 Å². The van der Waals surface area contributed by atoms with Gasteiger partial charge in [0.2, 0.25) is 0 Å². The Balaban J connectivity index is 3.69. The molecule has 0 amide bonds. The van der Waals surface area contributed by atoms with Crippen molar-refractivity contribution in [3.05, 3.63) is 0 Å². The lowest BCUT2D eigenvalue weighted by atomic mass is 10.1. The van der Waals surface area contributed by atoms with Crippen LogP contribution in [-0.2, 0) is 14.2 Å². The van der Waals surface area contributed by atoms with Crippen LogP contribution in [0.5, 0.6) is 0 Å². The van der Waals surface area contributed by atoms with Crippen molar-refractivity contribution in [2.45, 2.75) is 32.0 Å². The van der Waals surface area contributed by atoms with Crippen molar-refractivity contribution in [1.82, 2.24) is 5.32 Å². The summed E-state index contributed by atoms with van der Waals surface area (Å²) < 4.78 is 16.1. The molecule has 0 radical (unpaired) electrons. The van der Waals surface area contributed by atoms with Crippen molar-refractivity contribution < 1.29 is 14.2 Å². The summed E-state index contributed by atoms with van der Waals surface area (Å²) in [5.74, 6) is 0. The summed E-state index contributed by atoms with van der Waals surface area (Å²) in [6.07, 6.45) is 1.00. The number of ether oxygens (including phenoxy) is 3. The number of nitrogens with one attached hydrogen (secondary N) is 1. The Kier molecular flexibility index (Phi) is 7.96. The van der Waals surface area contributed by atoms with Crippen LogP contribution in [0.25, 0.3) is 0 Å². The topological polar surface area (TPSA) is 39.7 Å². The molecule has 0 aromatic heterocycles. The first kappa shape index (κ1) is 14.8. The summed E-state index contributed by atoms with van der Waals surface area (Å²) in [5, 5.41) is 3.08. The maximum absolute atomic E-state index is 5.69. The van der Waals surface area contributed by atoms with Crippen LogP contribution in [0.4, 0.5) is 0 Å². The molecule has 0 fully saturated rings. The predicted octanol–water partition coefficient (Wildman–Crippen LogP) is 1.05. The van der Waals surface area contributed by atoms with Crippen molar-refractivity contribution in [2.75, 3.05) is 41.0 Å². The van der Waals surface area contributed by atoms with E-state index in [1.165, 1.54) is 0 Å². The van der Waals surface area contributed by atoms with E-state index in [1.807, 2.05) is 7.05 Å². The van der Waals surface area contributed by atoms with E-state index in [2.05, 4.69) is 19.2 Å². The van der Waals surface area contributed by atoms with Crippen LogP contribution in [-0.4, -0.2) is 52.7 Å². The van der Waals surface area contributed by atoms with Gasteiger partial charge >= 0.3 is 0 Å². The van der Waals surface area contributed by atoms with Crippen LogP contribution in [0, 0.1) is 0 Å². The van der Waals surface area contributed by atoms with Crippen LogP contribution >= 0.6 is 0 Å². The second-order valence-electron chi connectivity index (χ2n) is 4.22. The molecule has 0 heterocycles. The number of methoxy groups -OCH3 is 2. The molecule has 15 heavy (non-hydrogen) atoms. The van der Waals surface area contributed by atoms with Crippen molar-refractivity contribution in [2.24, 2.45) is 0 Å². The first-order valence-corrected chi connectivity index (χ1v) is 5.36. The highest BCUT2D eigenvalue weighted by molar-refractivity contribution is 4.68. The highest BCUT2D eigenvalue weighted by Crippen LogP contribution is 2.13. The third kappa shape index (κ3) is 7.73. The Morgan fingerprint density at radius 1 is 1.27 bits per heavy atom. The van der Waals surface area contributed by atoms with Crippen molar-refractivity contribution in [3.8, 4) is 0 Å². The molecule has 0 bridgehead atoms. The second-order valence-corrected chi connectivity index (χ2v) is 4.22. The largest absolute Gasteiger partial charge is 0.382 e. The van der Waals surface area contributed by atoms with Gasteiger partial charge in [0, 0.05) is 27.4 Å². The van der Waals surface area contributed by atoms with Gasteiger partial charge in [-0.1, -0.05) is 0 Å². The van der Waals surface area contributed by atoms with Gasteiger partial charge in [0.1, 0.15) is 0 Å². The fourth-order valence-electron chi connectivity index (χ4n) is 1.15. The SMILES string of the molecule is CNCC(COC)OCCC(C)(C)OC. The highest BCUT2D eigenvalue weighted by Gasteiger charge is 2.17. The lowest BCUT2D eigenvalue weighted by molar-refractivity contribution is -0.0428. The Labute approximate surface area is 93.3 Å². The van der Waals surface area contributed by atoms with Gasteiger partial charge in [-0.2, -0.15) is 0 Å². The molecular weight excluding hydrogens is 194 g/mol. The lowest BCUT2D eigenvalue weighted by Gasteiger charge is -2.24.